The number of nitrogens with zero attached hydrogens (tertiary/aromatic N) is 4. The highest BCUT2D eigenvalue weighted by Crippen LogP contribution is 2.24. The lowest BCUT2D eigenvalue weighted by Gasteiger charge is -2.17. The average Bonchev–Trinajstić information content (AvgIpc) is 3.19. The molecule has 8 nitrogen and oxygen atoms in total. The number of imidazole rings is 1. The molecule has 4 rings (SSSR count). The van der Waals surface area contributed by atoms with Crippen LogP contribution in [-0.2, 0) is 25.4 Å². The van der Waals surface area contributed by atoms with Crippen LogP contribution >= 0.6 is 0 Å². The Balaban J connectivity index is 1.43. The summed E-state index contributed by atoms with van der Waals surface area (Å²) in [6.45, 7) is 2.44. The Labute approximate surface area is 178 Å². The van der Waals surface area contributed by atoms with Crippen LogP contribution in [0.3, 0.4) is 0 Å². The summed E-state index contributed by atoms with van der Waals surface area (Å²) in [6.07, 6.45) is 2.41. The zero-order valence-electron chi connectivity index (χ0n) is 17.8. The van der Waals surface area contributed by atoms with E-state index in [2.05, 4.69) is 28.5 Å². The van der Waals surface area contributed by atoms with E-state index in [4.69, 9.17) is 0 Å². The molecule has 31 heavy (non-hydrogen) atoms. The molecule has 0 saturated heterocycles. The molecule has 0 radical (unpaired) electrons. The number of aryl methyl sites for hydroxylation is 2. The van der Waals surface area contributed by atoms with E-state index < -0.39 is 5.69 Å². The van der Waals surface area contributed by atoms with Crippen LogP contribution in [0, 0.1) is 0 Å². The smallest absolute Gasteiger partial charge is 0.332 e. The Bertz CT molecular complexity index is 1390. The average molecular weight is 419 g/mol. The molecular weight excluding hydrogens is 394 g/mol. The second kappa shape index (κ2) is 8.22. The lowest BCUT2D eigenvalue weighted by Crippen LogP contribution is -2.37. The van der Waals surface area contributed by atoms with Gasteiger partial charge in [-0.2, -0.15) is 0 Å². The fourth-order valence-electron chi connectivity index (χ4n) is 4.00. The minimum Gasteiger partial charge on any atom is -0.350 e. The minimum atomic E-state index is -0.412. The first-order valence-corrected chi connectivity index (χ1v) is 10.3. The number of hydrogen-bond donors (Lipinski definition) is 1. The van der Waals surface area contributed by atoms with Gasteiger partial charge in [-0.05, 0) is 29.7 Å². The Morgan fingerprint density at radius 1 is 1.06 bits per heavy atom. The van der Waals surface area contributed by atoms with E-state index in [9.17, 15) is 14.4 Å². The van der Waals surface area contributed by atoms with Crippen LogP contribution in [0.15, 0.2) is 58.4 Å². The maximum absolute atomic E-state index is 12.5. The number of fused-ring (bicyclic) bond motifs is 2. The standard InChI is InChI=1S/C23H25N5O3/c1-15(17-11-6-9-16-8-4-5-10-18(16)17)25-19(29)12-7-13-28-14-24-21-20(28)22(30)27(3)23(31)26(21)2/h4-6,8-11,14-15H,7,12-13H2,1-3H3,(H,25,29). The molecule has 1 unspecified atom stereocenters. The largest absolute Gasteiger partial charge is 0.350 e. The van der Waals surface area contributed by atoms with E-state index in [1.165, 1.54) is 11.6 Å². The monoisotopic (exact) mass is 419 g/mol. The molecule has 2 heterocycles. The van der Waals surface area contributed by atoms with E-state index in [1.807, 2.05) is 31.2 Å². The van der Waals surface area contributed by atoms with Gasteiger partial charge >= 0.3 is 5.69 Å². The quantitative estimate of drug-likeness (QED) is 0.519. The van der Waals surface area contributed by atoms with Crippen LogP contribution in [0.2, 0.25) is 0 Å². The van der Waals surface area contributed by atoms with E-state index in [0.29, 0.717) is 30.6 Å². The zero-order chi connectivity index (χ0) is 22.1. The van der Waals surface area contributed by atoms with Gasteiger partial charge in [0.2, 0.25) is 5.91 Å². The van der Waals surface area contributed by atoms with Crippen LogP contribution in [0.4, 0.5) is 0 Å². The fourth-order valence-corrected chi connectivity index (χ4v) is 4.00. The van der Waals surface area contributed by atoms with Gasteiger partial charge in [0.25, 0.3) is 5.56 Å². The number of rotatable bonds is 6. The molecule has 1 amide bonds. The van der Waals surface area contributed by atoms with Gasteiger partial charge in [-0.3, -0.25) is 18.7 Å². The van der Waals surface area contributed by atoms with Gasteiger partial charge in [0.1, 0.15) is 0 Å². The van der Waals surface area contributed by atoms with E-state index in [-0.39, 0.29) is 17.5 Å². The summed E-state index contributed by atoms with van der Waals surface area (Å²) in [6, 6.07) is 14.1. The Kier molecular flexibility index (Phi) is 5.46. The second-order valence-electron chi connectivity index (χ2n) is 7.78. The van der Waals surface area contributed by atoms with Gasteiger partial charge in [0, 0.05) is 27.1 Å². The fraction of sp³-hybridized carbons (Fsp3) is 0.304. The minimum absolute atomic E-state index is 0.0508. The molecule has 1 N–H and O–H groups in total. The topological polar surface area (TPSA) is 90.9 Å². The molecule has 4 aromatic rings. The molecule has 2 aromatic heterocycles. The SMILES string of the molecule is CC(NC(=O)CCCn1cnc2c1c(=O)n(C)c(=O)n2C)c1cccc2ccccc12. The van der Waals surface area contributed by atoms with Gasteiger partial charge in [0.15, 0.2) is 11.2 Å². The van der Waals surface area contributed by atoms with E-state index in [0.717, 1.165) is 20.9 Å². The molecule has 0 aliphatic heterocycles. The summed E-state index contributed by atoms with van der Waals surface area (Å²) in [7, 11) is 3.03. The molecule has 8 heteroatoms. The van der Waals surface area contributed by atoms with Crippen molar-refractivity contribution in [3.05, 3.63) is 75.2 Å². The van der Waals surface area contributed by atoms with Gasteiger partial charge in [-0.25, -0.2) is 9.78 Å². The maximum Gasteiger partial charge on any atom is 0.332 e. The van der Waals surface area contributed by atoms with Crippen molar-refractivity contribution >= 4 is 27.8 Å². The van der Waals surface area contributed by atoms with Crippen molar-refractivity contribution in [2.24, 2.45) is 14.1 Å². The van der Waals surface area contributed by atoms with Crippen molar-refractivity contribution in [1.82, 2.24) is 24.0 Å². The summed E-state index contributed by atoms with van der Waals surface area (Å²) in [5, 5.41) is 5.34. The van der Waals surface area contributed by atoms with Crippen LogP contribution in [0.25, 0.3) is 21.9 Å². The number of carbonyl (C=O) groups is 1. The van der Waals surface area contributed by atoms with Crippen molar-refractivity contribution in [3.8, 4) is 0 Å². The van der Waals surface area contributed by atoms with E-state index in [1.54, 1.807) is 17.9 Å². The molecule has 0 bridgehead atoms. The molecule has 2 aromatic carbocycles. The van der Waals surface area contributed by atoms with Crippen molar-refractivity contribution < 1.29 is 4.79 Å². The molecule has 0 saturated carbocycles. The first-order chi connectivity index (χ1) is 14.9. The van der Waals surface area contributed by atoms with E-state index >= 15 is 0 Å². The third kappa shape index (κ3) is 3.76. The number of benzene rings is 2. The number of carbonyl (C=O) groups excluding carboxylic acids is 1. The van der Waals surface area contributed by atoms with Crippen molar-refractivity contribution in [1.29, 1.82) is 0 Å². The maximum atomic E-state index is 12.5. The normalized spacial score (nSPS) is 12.4. The highest BCUT2D eigenvalue weighted by atomic mass is 16.2. The third-order valence-corrected chi connectivity index (χ3v) is 5.69. The summed E-state index contributed by atoms with van der Waals surface area (Å²) < 4.78 is 4.13. The highest BCUT2D eigenvalue weighted by molar-refractivity contribution is 5.86. The summed E-state index contributed by atoms with van der Waals surface area (Å²) in [5.74, 6) is -0.0508. The lowest BCUT2D eigenvalue weighted by atomic mass is 9.99. The number of amides is 1. The van der Waals surface area contributed by atoms with Crippen LogP contribution in [-0.4, -0.2) is 24.6 Å². The van der Waals surface area contributed by atoms with Gasteiger partial charge in [0.05, 0.1) is 12.4 Å². The van der Waals surface area contributed by atoms with Gasteiger partial charge in [-0.15, -0.1) is 0 Å². The molecular formula is C23H25N5O3. The lowest BCUT2D eigenvalue weighted by molar-refractivity contribution is -0.121. The van der Waals surface area contributed by atoms with Crippen LogP contribution in [0.1, 0.15) is 31.4 Å². The Morgan fingerprint density at radius 3 is 2.61 bits per heavy atom. The van der Waals surface area contributed by atoms with Crippen molar-refractivity contribution in [2.45, 2.75) is 32.4 Å². The first kappa shape index (κ1) is 20.6. The van der Waals surface area contributed by atoms with Gasteiger partial charge in [-0.1, -0.05) is 42.5 Å². The molecule has 1 atom stereocenters. The number of aromatic nitrogens is 4. The molecule has 0 spiro atoms. The van der Waals surface area contributed by atoms with Crippen molar-refractivity contribution in [2.75, 3.05) is 0 Å². The molecule has 160 valence electrons. The van der Waals surface area contributed by atoms with Gasteiger partial charge < -0.3 is 9.88 Å². The highest BCUT2D eigenvalue weighted by Gasteiger charge is 2.15. The van der Waals surface area contributed by atoms with Crippen LogP contribution in [0.5, 0.6) is 0 Å². The third-order valence-electron chi connectivity index (χ3n) is 5.69. The predicted octanol–water partition coefficient (Wildman–Crippen LogP) is 2.24. The second-order valence-corrected chi connectivity index (χ2v) is 7.78. The van der Waals surface area contributed by atoms with Crippen LogP contribution < -0.4 is 16.6 Å². The number of hydrogen-bond acceptors (Lipinski definition) is 4. The number of nitrogens with one attached hydrogen (secondary N) is 1. The summed E-state index contributed by atoms with van der Waals surface area (Å²) in [5.41, 5.74) is 1.00. The predicted molar refractivity (Wildman–Crippen MR) is 120 cm³/mol. The molecule has 0 aliphatic rings. The zero-order valence-corrected chi connectivity index (χ0v) is 17.8. The molecule has 0 aliphatic carbocycles. The molecule has 0 fully saturated rings. The Hall–Kier alpha value is -3.68. The summed E-state index contributed by atoms with van der Waals surface area (Å²) in [4.78, 5) is 41.3. The van der Waals surface area contributed by atoms with Crippen molar-refractivity contribution in [3.63, 3.8) is 0 Å². The summed E-state index contributed by atoms with van der Waals surface area (Å²) >= 11 is 0. The first-order valence-electron chi connectivity index (χ1n) is 10.3. The Morgan fingerprint density at radius 2 is 1.81 bits per heavy atom.